The summed E-state index contributed by atoms with van der Waals surface area (Å²) in [4.78, 5) is 29.6. The van der Waals surface area contributed by atoms with Crippen LogP contribution in [0.4, 0.5) is 30.6 Å². The van der Waals surface area contributed by atoms with E-state index in [-0.39, 0.29) is 23.3 Å². The van der Waals surface area contributed by atoms with E-state index in [0.29, 0.717) is 17.2 Å². The Labute approximate surface area is 207 Å². The number of aliphatic carboxylic acids is 1. The van der Waals surface area contributed by atoms with Crippen LogP contribution in [-0.4, -0.2) is 54.3 Å². The van der Waals surface area contributed by atoms with Gasteiger partial charge in [0, 0.05) is 11.9 Å². The summed E-state index contributed by atoms with van der Waals surface area (Å²) in [5.74, 6) is -1.72. The third-order valence-corrected chi connectivity index (χ3v) is 5.28. The van der Waals surface area contributed by atoms with Crippen LogP contribution in [0.15, 0.2) is 65.7 Å². The van der Waals surface area contributed by atoms with Gasteiger partial charge in [-0.2, -0.15) is 18.2 Å². The minimum absolute atomic E-state index is 0.0494. The summed E-state index contributed by atoms with van der Waals surface area (Å²) in [6, 6.07) is 14.5. The minimum atomic E-state index is -5.08. The highest BCUT2D eigenvalue weighted by molar-refractivity contribution is 7.89. The van der Waals surface area contributed by atoms with Crippen molar-refractivity contribution in [3.63, 3.8) is 0 Å². The summed E-state index contributed by atoms with van der Waals surface area (Å²) in [7, 11) is -3.84. The summed E-state index contributed by atoms with van der Waals surface area (Å²) in [5, 5.41) is 17.8. The molecule has 5 N–H and O–H groups in total. The van der Waals surface area contributed by atoms with Gasteiger partial charge in [-0.25, -0.2) is 23.3 Å². The molecule has 1 aromatic heterocycles. The molecule has 16 heteroatoms. The Balaban J connectivity index is 0.000000479. The monoisotopic (exact) mass is 541 g/mol. The number of carbonyl (C=O) groups is 2. The van der Waals surface area contributed by atoms with Crippen molar-refractivity contribution in [1.29, 1.82) is 0 Å². The number of nitrogens with zero attached hydrogens (tertiary/aromatic N) is 2. The number of carboxylic acid groups (broad SMARTS) is 1. The second kappa shape index (κ2) is 11.1. The van der Waals surface area contributed by atoms with Crippen LogP contribution in [0.2, 0.25) is 0 Å². The number of halogens is 3. The van der Waals surface area contributed by atoms with Crippen molar-refractivity contribution in [3.8, 4) is 11.5 Å². The van der Waals surface area contributed by atoms with Gasteiger partial charge in [-0.15, -0.1) is 0 Å². The molecule has 0 bridgehead atoms. The molecule has 196 valence electrons. The molecule has 12 nitrogen and oxygen atoms in total. The van der Waals surface area contributed by atoms with Crippen LogP contribution in [0, 0.1) is 0 Å². The maximum absolute atomic E-state index is 12.5. The summed E-state index contributed by atoms with van der Waals surface area (Å²) in [5.41, 5.74) is 0.422. The number of aromatic nitrogens is 2. The number of hydrogen-bond acceptors (Lipinski definition) is 9. The second-order valence-corrected chi connectivity index (χ2v) is 8.68. The van der Waals surface area contributed by atoms with Crippen molar-refractivity contribution >= 4 is 39.4 Å². The molecule has 1 amide bonds. The van der Waals surface area contributed by atoms with E-state index in [2.05, 4.69) is 20.6 Å². The number of nitrogens with one attached hydrogen (secondary N) is 2. The van der Waals surface area contributed by atoms with E-state index < -0.39 is 34.2 Å². The molecule has 1 aliphatic rings. The molecule has 0 aliphatic carbocycles. The molecule has 2 aromatic carbocycles. The van der Waals surface area contributed by atoms with E-state index in [4.69, 9.17) is 24.5 Å². The Kier molecular flexibility index (Phi) is 8.14. The van der Waals surface area contributed by atoms with E-state index in [1.54, 1.807) is 24.3 Å². The van der Waals surface area contributed by atoms with Gasteiger partial charge in [0.2, 0.25) is 22.1 Å². The first-order valence-corrected chi connectivity index (χ1v) is 11.6. The lowest BCUT2D eigenvalue weighted by Crippen LogP contribution is -2.40. The third kappa shape index (κ3) is 7.77. The number of fused-ring (bicyclic) bond motifs is 1. The fraction of sp³-hybridized carbons (Fsp3) is 0.143. The molecule has 1 unspecified atom stereocenters. The van der Waals surface area contributed by atoms with E-state index in [1.165, 1.54) is 30.5 Å². The number of benzene rings is 2. The quantitative estimate of drug-likeness (QED) is 0.374. The Morgan fingerprint density at radius 1 is 1.08 bits per heavy atom. The Morgan fingerprint density at radius 3 is 2.41 bits per heavy atom. The van der Waals surface area contributed by atoms with Gasteiger partial charge in [0.1, 0.15) is 12.4 Å². The zero-order valence-corrected chi connectivity index (χ0v) is 19.3. The van der Waals surface area contributed by atoms with Crippen molar-refractivity contribution in [2.45, 2.75) is 17.2 Å². The molecular weight excluding hydrogens is 523 g/mol. The molecule has 3 aromatic rings. The van der Waals surface area contributed by atoms with Crippen molar-refractivity contribution in [3.05, 3.63) is 60.8 Å². The van der Waals surface area contributed by atoms with Gasteiger partial charge in [-0.3, -0.25) is 4.79 Å². The molecule has 0 saturated heterocycles. The Bertz CT molecular complexity index is 1400. The first-order chi connectivity index (χ1) is 17.3. The van der Waals surface area contributed by atoms with E-state index >= 15 is 0 Å². The number of alkyl halides is 3. The molecule has 4 rings (SSSR count). The van der Waals surface area contributed by atoms with Gasteiger partial charge in [0.25, 0.3) is 5.91 Å². The molecule has 0 saturated carbocycles. The van der Waals surface area contributed by atoms with Crippen LogP contribution in [0.3, 0.4) is 0 Å². The zero-order valence-electron chi connectivity index (χ0n) is 18.5. The molecule has 1 aliphatic heterocycles. The fourth-order valence-corrected chi connectivity index (χ4v) is 3.28. The topological polar surface area (TPSA) is 183 Å². The minimum Gasteiger partial charge on any atom is -0.485 e. The van der Waals surface area contributed by atoms with Gasteiger partial charge < -0.3 is 25.2 Å². The number of amides is 1. The molecule has 1 atom stereocenters. The molecule has 0 radical (unpaired) electrons. The maximum Gasteiger partial charge on any atom is 0.490 e. The normalized spacial score (nSPS) is 14.5. The van der Waals surface area contributed by atoms with Gasteiger partial charge in [0.05, 0.1) is 4.90 Å². The standard InChI is InChI=1S/C19H17N5O5S.C2HF3O2/c20-30(26,27)13-5-3-4-12(10-13)22-19-21-9-8-17(24-19)23-18(25)16-11-28-14-6-1-2-7-15(14)29-16;3-2(4,5)1(6)7/h1-10,16H,11H2,(H2,20,26,27)(H2,21,22,23,24,25);(H,6,7). The summed E-state index contributed by atoms with van der Waals surface area (Å²) in [6.45, 7) is 0.0688. The molecule has 37 heavy (non-hydrogen) atoms. The van der Waals surface area contributed by atoms with Crippen LogP contribution >= 0.6 is 0 Å². The Morgan fingerprint density at radius 2 is 1.76 bits per heavy atom. The van der Waals surface area contributed by atoms with Crippen LogP contribution in [-0.2, 0) is 19.6 Å². The number of carboxylic acids is 1. The van der Waals surface area contributed by atoms with Gasteiger partial charge in [-0.1, -0.05) is 18.2 Å². The van der Waals surface area contributed by atoms with E-state index in [1.807, 2.05) is 6.07 Å². The van der Waals surface area contributed by atoms with Crippen LogP contribution < -0.4 is 25.2 Å². The number of ether oxygens (including phenoxy) is 2. The average Bonchev–Trinajstić information content (AvgIpc) is 2.83. The zero-order chi connectivity index (χ0) is 27.2. The van der Waals surface area contributed by atoms with Crippen molar-refractivity contribution < 1.29 is 45.8 Å². The molecule has 0 fully saturated rings. The summed E-state index contributed by atoms with van der Waals surface area (Å²) in [6.07, 6.45) is -4.47. The molecule has 0 spiro atoms. The lowest BCUT2D eigenvalue weighted by Gasteiger charge is -2.25. The first-order valence-electron chi connectivity index (χ1n) is 10.1. The van der Waals surface area contributed by atoms with Gasteiger partial charge in [-0.05, 0) is 36.4 Å². The molecular formula is C21H18F3N5O7S. The largest absolute Gasteiger partial charge is 0.490 e. The maximum atomic E-state index is 12.5. The Hall–Kier alpha value is -4.44. The highest BCUT2D eigenvalue weighted by Crippen LogP contribution is 2.31. The van der Waals surface area contributed by atoms with Crippen molar-refractivity contribution in [2.75, 3.05) is 17.2 Å². The van der Waals surface area contributed by atoms with Crippen LogP contribution in [0.1, 0.15) is 0 Å². The number of nitrogens with two attached hydrogens (primary N) is 1. The summed E-state index contributed by atoms with van der Waals surface area (Å²) < 4.78 is 65.9. The SMILES string of the molecule is NS(=O)(=O)c1cccc(Nc2nccc(NC(=O)C3COc4ccccc4O3)n2)c1.O=C(O)C(F)(F)F. The number of sulfonamides is 1. The van der Waals surface area contributed by atoms with Crippen molar-refractivity contribution in [2.24, 2.45) is 5.14 Å². The highest BCUT2D eigenvalue weighted by Gasteiger charge is 2.38. The second-order valence-electron chi connectivity index (χ2n) is 7.12. The lowest BCUT2D eigenvalue weighted by atomic mass is 10.2. The van der Waals surface area contributed by atoms with Gasteiger partial charge >= 0.3 is 12.1 Å². The smallest absolute Gasteiger partial charge is 0.485 e. The summed E-state index contributed by atoms with van der Waals surface area (Å²) >= 11 is 0. The number of carbonyl (C=O) groups excluding carboxylic acids is 1. The number of rotatable bonds is 5. The third-order valence-electron chi connectivity index (χ3n) is 4.37. The van der Waals surface area contributed by atoms with Gasteiger partial charge in [0.15, 0.2) is 11.5 Å². The first kappa shape index (κ1) is 27.2. The molecule has 2 heterocycles. The predicted molar refractivity (Wildman–Crippen MR) is 122 cm³/mol. The number of anilines is 3. The number of para-hydroxylation sites is 2. The predicted octanol–water partition coefficient (Wildman–Crippen LogP) is 2.28. The van der Waals surface area contributed by atoms with E-state index in [0.717, 1.165) is 0 Å². The van der Waals surface area contributed by atoms with Crippen LogP contribution in [0.5, 0.6) is 11.5 Å². The average molecular weight is 541 g/mol. The lowest BCUT2D eigenvalue weighted by molar-refractivity contribution is -0.192. The number of primary sulfonamides is 1. The highest BCUT2D eigenvalue weighted by atomic mass is 32.2. The van der Waals surface area contributed by atoms with E-state index in [9.17, 15) is 26.4 Å². The van der Waals surface area contributed by atoms with Crippen LogP contribution in [0.25, 0.3) is 0 Å². The van der Waals surface area contributed by atoms with Crippen molar-refractivity contribution in [1.82, 2.24) is 9.97 Å². The number of hydrogen-bond donors (Lipinski definition) is 4. The fourth-order valence-electron chi connectivity index (χ4n) is 2.72.